The van der Waals surface area contributed by atoms with Gasteiger partial charge in [-0.15, -0.1) is 11.3 Å². The fourth-order valence-corrected chi connectivity index (χ4v) is 4.18. The monoisotopic (exact) mass is 387 g/mol. The van der Waals surface area contributed by atoms with Gasteiger partial charge in [-0.25, -0.2) is 4.98 Å². The molecule has 1 aliphatic carbocycles. The molecule has 0 bridgehead atoms. The van der Waals surface area contributed by atoms with Gasteiger partial charge in [0.15, 0.2) is 5.13 Å². The number of piperidine rings is 1. The predicted molar refractivity (Wildman–Crippen MR) is 105 cm³/mol. The van der Waals surface area contributed by atoms with Gasteiger partial charge in [-0.05, 0) is 56.8 Å². The molecule has 0 unspecified atom stereocenters. The highest BCUT2D eigenvalue weighted by molar-refractivity contribution is 7.15. The third kappa shape index (κ3) is 4.25. The van der Waals surface area contributed by atoms with E-state index in [2.05, 4.69) is 20.9 Å². The number of carbonyl (C=O) groups is 1. The molecule has 2 heterocycles. The van der Waals surface area contributed by atoms with E-state index in [9.17, 15) is 14.9 Å². The van der Waals surface area contributed by atoms with E-state index in [1.54, 1.807) is 12.1 Å². The topological polar surface area (TPSA) is 109 Å². The lowest BCUT2D eigenvalue weighted by Gasteiger charge is -2.20. The Morgan fingerprint density at radius 2 is 2.04 bits per heavy atom. The lowest BCUT2D eigenvalue weighted by atomic mass is 9.97. The Hall–Kier alpha value is -2.52. The summed E-state index contributed by atoms with van der Waals surface area (Å²) in [7, 11) is 0. The van der Waals surface area contributed by atoms with Crippen molar-refractivity contribution in [3.8, 4) is 0 Å². The Morgan fingerprint density at radius 3 is 2.74 bits per heavy atom. The fraction of sp³-hybridized carbons (Fsp3) is 0.444. The number of nitro benzene ring substituents is 1. The Balaban J connectivity index is 1.47. The quantitative estimate of drug-likeness (QED) is 0.518. The van der Waals surface area contributed by atoms with E-state index in [-0.39, 0.29) is 17.2 Å². The van der Waals surface area contributed by atoms with Crippen LogP contribution in [0.3, 0.4) is 0 Å². The van der Waals surface area contributed by atoms with Crippen molar-refractivity contribution in [3.63, 3.8) is 0 Å². The first-order chi connectivity index (χ1) is 13.1. The maximum atomic E-state index is 12.5. The second kappa shape index (κ2) is 7.61. The highest BCUT2D eigenvalue weighted by atomic mass is 32.1. The highest BCUT2D eigenvalue weighted by Crippen LogP contribution is 2.33. The molecule has 4 rings (SSSR count). The van der Waals surface area contributed by atoms with Crippen molar-refractivity contribution in [1.29, 1.82) is 0 Å². The van der Waals surface area contributed by atoms with E-state index in [0.717, 1.165) is 38.8 Å². The number of nitro groups is 1. The number of aromatic nitrogens is 1. The summed E-state index contributed by atoms with van der Waals surface area (Å²) >= 11 is 1.48. The molecule has 2 fully saturated rings. The molecule has 2 aromatic rings. The van der Waals surface area contributed by atoms with Crippen molar-refractivity contribution < 1.29 is 9.72 Å². The highest BCUT2D eigenvalue weighted by Gasteiger charge is 2.26. The molecule has 0 radical (unpaired) electrons. The van der Waals surface area contributed by atoms with Crippen LogP contribution in [0.5, 0.6) is 0 Å². The zero-order valence-corrected chi connectivity index (χ0v) is 15.6. The number of thiazole rings is 1. The number of rotatable bonds is 6. The maximum absolute atomic E-state index is 12.5. The summed E-state index contributed by atoms with van der Waals surface area (Å²) in [5, 5.41) is 21.1. The van der Waals surface area contributed by atoms with Crippen molar-refractivity contribution in [2.45, 2.75) is 37.6 Å². The average Bonchev–Trinajstić information content (AvgIpc) is 3.37. The lowest BCUT2D eigenvalue weighted by Crippen LogP contribution is -2.26. The zero-order valence-electron chi connectivity index (χ0n) is 14.7. The molecule has 3 N–H and O–H groups in total. The summed E-state index contributed by atoms with van der Waals surface area (Å²) in [6.45, 7) is 1.99. The number of amides is 1. The fourth-order valence-electron chi connectivity index (χ4n) is 3.20. The van der Waals surface area contributed by atoms with Gasteiger partial charge in [0.05, 0.1) is 4.92 Å². The van der Waals surface area contributed by atoms with Crippen LogP contribution >= 0.6 is 11.3 Å². The van der Waals surface area contributed by atoms with Crippen LogP contribution in [0.25, 0.3) is 0 Å². The summed E-state index contributed by atoms with van der Waals surface area (Å²) in [5.41, 5.74) is 0.632. The molecular formula is C18H21N5O3S. The number of benzene rings is 1. The Morgan fingerprint density at radius 1 is 1.26 bits per heavy atom. The smallest absolute Gasteiger partial charge is 0.293 e. The zero-order chi connectivity index (χ0) is 18.8. The number of nitrogens with one attached hydrogen (secondary N) is 3. The van der Waals surface area contributed by atoms with Crippen molar-refractivity contribution in [2.24, 2.45) is 0 Å². The summed E-state index contributed by atoms with van der Waals surface area (Å²) < 4.78 is 0. The number of hydrogen-bond acceptors (Lipinski definition) is 7. The van der Waals surface area contributed by atoms with Gasteiger partial charge in [-0.1, -0.05) is 0 Å². The molecule has 1 saturated carbocycles. The van der Waals surface area contributed by atoms with Crippen LogP contribution in [0.2, 0.25) is 0 Å². The van der Waals surface area contributed by atoms with Gasteiger partial charge in [0.2, 0.25) is 0 Å². The molecule has 1 aliphatic heterocycles. The van der Waals surface area contributed by atoms with Crippen molar-refractivity contribution >= 4 is 33.8 Å². The molecule has 142 valence electrons. The molecule has 0 spiro atoms. The van der Waals surface area contributed by atoms with Crippen LogP contribution in [0.1, 0.15) is 46.8 Å². The predicted octanol–water partition coefficient (Wildman–Crippen LogP) is 3.34. The van der Waals surface area contributed by atoms with E-state index in [4.69, 9.17) is 0 Å². The normalized spacial score (nSPS) is 17.5. The molecule has 0 atom stereocenters. The Kier molecular flexibility index (Phi) is 5.04. The molecule has 2 aliphatic rings. The molecule has 1 aromatic carbocycles. The van der Waals surface area contributed by atoms with E-state index in [0.29, 0.717) is 22.8 Å². The molecule has 27 heavy (non-hydrogen) atoms. The second-order valence-electron chi connectivity index (χ2n) is 6.95. The Labute approximate surface area is 160 Å². The van der Waals surface area contributed by atoms with Gasteiger partial charge in [0.1, 0.15) is 5.69 Å². The summed E-state index contributed by atoms with van der Waals surface area (Å²) in [6.07, 6.45) is 5.99. The van der Waals surface area contributed by atoms with Gasteiger partial charge in [-0.2, -0.15) is 0 Å². The van der Waals surface area contributed by atoms with Crippen molar-refractivity contribution in [1.82, 2.24) is 10.3 Å². The van der Waals surface area contributed by atoms with Crippen LogP contribution in [0, 0.1) is 10.1 Å². The van der Waals surface area contributed by atoms with Gasteiger partial charge < -0.3 is 10.6 Å². The van der Waals surface area contributed by atoms with Crippen molar-refractivity contribution in [3.05, 3.63) is 45.0 Å². The first-order valence-electron chi connectivity index (χ1n) is 9.13. The molecule has 1 amide bonds. The SMILES string of the molecule is O=C(Nc1ncc(C2CCNCC2)s1)c1ccc(NC2CC2)c([N+](=O)[O-])c1. The maximum Gasteiger partial charge on any atom is 0.293 e. The number of carbonyl (C=O) groups excluding carboxylic acids is 1. The van der Waals surface area contributed by atoms with Crippen LogP contribution < -0.4 is 16.0 Å². The molecule has 1 saturated heterocycles. The minimum absolute atomic E-state index is 0.0796. The number of nitrogens with zero attached hydrogens (tertiary/aromatic N) is 2. The standard InChI is InChI=1S/C18H21N5O3S/c24-17(22-18-20-10-16(27-18)11-5-7-19-8-6-11)12-1-4-14(21-13-2-3-13)15(9-12)23(25)26/h1,4,9-11,13,19,21H,2-3,5-8H2,(H,20,22,24). The van der Waals surface area contributed by atoms with Gasteiger partial charge in [-0.3, -0.25) is 20.2 Å². The molecule has 1 aromatic heterocycles. The van der Waals surface area contributed by atoms with Crippen LogP contribution in [-0.4, -0.2) is 34.9 Å². The van der Waals surface area contributed by atoms with Crippen LogP contribution in [0.15, 0.2) is 24.4 Å². The van der Waals surface area contributed by atoms with E-state index in [1.807, 2.05) is 6.20 Å². The second-order valence-corrected chi connectivity index (χ2v) is 8.02. The minimum atomic E-state index is -0.458. The Bertz CT molecular complexity index is 858. The summed E-state index contributed by atoms with van der Waals surface area (Å²) in [5.74, 6) is 0.0885. The lowest BCUT2D eigenvalue weighted by molar-refractivity contribution is -0.384. The van der Waals surface area contributed by atoms with E-state index in [1.165, 1.54) is 22.3 Å². The molecule has 9 heteroatoms. The minimum Gasteiger partial charge on any atom is -0.377 e. The molecule has 8 nitrogen and oxygen atoms in total. The van der Waals surface area contributed by atoms with Crippen LogP contribution in [0.4, 0.5) is 16.5 Å². The van der Waals surface area contributed by atoms with E-state index >= 15 is 0 Å². The van der Waals surface area contributed by atoms with Crippen LogP contribution in [-0.2, 0) is 0 Å². The van der Waals surface area contributed by atoms with E-state index < -0.39 is 4.92 Å². The first kappa shape index (κ1) is 17.9. The summed E-state index contributed by atoms with van der Waals surface area (Å²) in [6, 6.07) is 4.83. The third-order valence-electron chi connectivity index (χ3n) is 4.88. The number of anilines is 2. The first-order valence-corrected chi connectivity index (χ1v) is 9.94. The van der Waals surface area contributed by atoms with Gasteiger partial charge in [0.25, 0.3) is 11.6 Å². The third-order valence-corrected chi connectivity index (χ3v) is 5.95. The number of hydrogen-bond donors (Lipinski definition) is 3. The summed E-state index contributed by atoms with van der Waals surface area (Å²) in [4.78, 5) is 28.9. The largest absolute Gasteiger partial charge is 0.377 e. The van der Waals surface area contributed by atoms with Gasteiger partial charge in [0, 0.05) is 28.7 Å². The average molecular weight is 387 g/mol. The molecular weight excluding hydrogens is 366 g/mol. The van der Waals surface area contributed by atoms with Gasteiger partial charge >= 0.3 is 0 Å². The van der Waals surface area contributed by atoms with Crippen molar-refractivity contribution in [2.75, 3.05) is 23.7 Å².